The van der Waals surface area contributed by atoms with E-state index in [9.17, 15) is 4.79 Å². The summed E-state index contributed by atoms with van der Waals surface area (Å²) in [6.45, 7) is 3.05. The summed E-state index contributed by atoms with van der Waals surface area (Å²) in [7, 11) is 0. The zero-order valence-electron chi connectivity index (χ0n) is 12.3. The first-order valence-corrected chi connectivity index (χ1v) is 7.91. The van der Waals surface area contributed by atoms with Gasteiger partial charge in [-0.15, -0.1) is 0 Å². The number of hydrazine groups is 1. The van der Waals surface area contributed by atoms with Crippen LogP contribution in [0.4, 0.5) is 5.69 Å². The van der Waals surface area contributed by atoms with Gasteiger partial charge in [-0.25, -0.2) is 0 Å². The number of nitrogens with one attached hydrogen (secondary N) is 1. The number of benzene rings is 1. The fourth-order valence-electron chi connectivity index (χ4n) is 3.43. The number of aryl methyl sites for hydroxylation is 2. The Morgan fingerprint density at radius 3 is 2.80 bits per heavy atom. The number of hydrogen-bond donors (Lipinski definition) is 1. The average Bonchev–Trinajstić information content (AvgIpc) is 2.48. The smallest absolute Gasteiger partial charge is 0.241 e. The molecule has 1 aromatic rings. The lowest BCUT2D eigenvalue weighted by Gasteiger charge is -2.33. The maximum absolute atomic E-state index is 12.4. The fourth-order valence-corrected chi connectivity index (χ4v) is 3.43. The Labute approximate surface area is 121 Å². The third kappa shape index (κ3) is 2.82. The number of anilines is 1. The molecule has 0 atom stereocenters. The zero-order chi connectivity index (χ0) is 13.9. The van der Waals surface area contributed by atoms with E-state index in [0.29, 0.717) is 0 Å². The molecule has 0 saturated heterocycles. The molecule has 1 N–H and O–H groups in total. The Balaban J connectivity index is 1.71. The van der Waals surface area contributed by atoms with Gasteiger partial charge in [0.05, 0.1) is 5.69 Å². The number of nitrogens with zero attached hydrogens (tertiary/aromatic N) is 1. The SMILES string of the molecule is Cc1ccc2c(c1)CCCN2NC(=O)C1CCCCC1. The van der Waals surface area contributed by atoms with Crippen molar-refractivity contribution in [2.45, 2.75) is 51.9 Å². The lowest BCUT2D eigenvalue weighted by atomic mass is 9.89. The van der Waals surface area contributed by atoms with Gasteiger partial charge in [-0.2, -0.15) is 0 Å². The first-order chi connectivity index (χ1) is 9.74. The number of carbonyl (C=O) groups excluding carboxylic acids is 1. The summed E-state index contributed by atoms with van der Waals surface area (Å²) in [6.07, 6.45) is 8.03. The van der Waals surface area contributed by atoms with Crippen LogP contribution >= 0.6 is 0 Å². The van der Waals surface area contributed by atoms with Gasteiger partial charge in [0.25, 0.3) is 0 Å². The molecule has 1 fully saturated rings. The maximum Gasteiger partial charge on any atom is 0.241 e. The Hall–Kier alpha value is -1.51. The largest absolute Gasteiger partial charge is 0.285 e. The van der Waals surface area contributed by atoms with E-state index in [2.05, 4.69) is 35.6 Å². The van der Waals surface area contributed by atoms with Crippen molar-refractivity contribution in [3.8, 4) is 0 Å². The Morgan fingerprint density at radius 2 is 2.00 bits per heavy atom. The molecule has 3 rings (SSSR count). The van der Waals surface area contributed by atoms with Crippen LogP contribution in [0.2, 0.25) is 0 Å². The molecule has 3 nitrogen and oxygen atoms in total. The maximum atomic E-state index is 12.4. The predicted octanol–water partition coefficient (Wildman–Crippen LogP) is 3.36. The highest BCUT2D eigenvalue weighted by Crippen LogP contribution is 2.28. The summed E-state index contributed by atoms with van der Waals surface area (Å²) in [4.78, 5) is 12.4. The molecule has 1 aliphatic carbocycles. The third-order valence-electron chi connectivity index (χ3n) is 4.57. The Bertz CT molecular complexity index is 492. The van der Waals surface area contributed by atoms with Gasteiger partial charge in [0.1, 0.15) is 0 Å². The molecule has 1 aromatic carbocycles. The monoisotopic (exact) mass is 272 g/mol. The molecule has 0 spiro atoms. The van der Waals surface area contributed by atoms with Crippen LogP contribution in [0.1, 0.15) is 49.7 Å². The lowest BCUT2D eigenvalue weighted by molar-refractivity contribution is -0.126. The normalized spacial score (nSPS) is 19.6. The van der Waals surface area contributed by atoms with Gasteiger partial charge in [0.15, 0.2) is 0 Å². The van der Waals surface area contributed by atoms with E-state index in [0.717, 1.165) is 32.2 Å². The second-order valence-electron chi connectivity index (χ2n) is 6.20. The van der Waals surface area contributed by atoms with Crippen molar-refractivity contribution < 1.29 is 4.79 Å². The van der Waals surface area contributed by atoms with Gasteiger partial charge < -0.3 is 0 Å². The molecule has 0 bridgehead atoms. The standard InChI is InChI=1S/C17H24N2O/c1-13-9-10-16-15(12-13)8-5-11-19(16)18-17(20)14-6-3-2-4-7-14/h9-10,12,14H,2-8,11H2,1H3,(H,18,20). The molecule has 2 aliphatic rings. The van der Waals surface area contributed by atoms with Gasteiger partial charge in [-0.3, -0.25) is 15.2 Å². The number of rotatable bonds is 2. The molecule has 3 heteroatoms. The van der Waals surface area contributed by atoms with Crippen LogP contribution in [-0.4, -0.2) is 12.5 Å². The van der Waals surface area contributed by atoms with E-state index in [1.807, 2.05) is 0 Å². The zero-order valence-corrected chi connectivity index (χ0v) is 12.3. The van der Waals surface area contributed by atoms with Crippen molar-refractivity contribution in [2.75, 3.05) is 11.6 Å². The highest BCUT2D eigenvalue weighted by atomic mass is 16.2. The highest BCUT2D eigenvalue weighted by Gasteiger charge is 2.24. The highest BCUT2D eigenvalue weighted by molar-refractivity contribution is 5.80. The van der Waals surface area contributed by atoms with Gasteiger partial charge >= 0.3 is 0 Å². The Kier molecular flexibility index (Phi) is 3.95. The fraction of sp³-hybridized carbons (Fsp3) is 0.588. The first kappa shape index (κ1) is 13.5. The molecule has 0 radical (unpaired) electrons. The average molecular weight is 272 g/mol. The van der Waals surface area contributed by atoms with Crippen molar-refractivity contribution in [1.29, 1.82) is 0 Å². The van der Waals surface area contributed by atoms with Crippen molar-refractivity contribution in [1.82, 2.24) is 5.43 Å². The van der Waals surface area contributed by atoms with Crippen LogP contribution < -0.4 is 10.4 Å². The molecule has 1 saturated carbocycles. The van der Waals surface area contributed by atoms with Crippen LogP contribution in [0.25, 0.3) is 0 Å². The summed E-state index contributed by atoms with van der Waals surface area (Å²) in [6, 6.07) is 6.52. The number of amides is 1. The van der Waals surface area contributed by atoms with E-state index in [1.165, 1.54) is 36.1 Å². The first-order valence-electron chi connectivity index (χ1n) is 7.91. The van der Waals surface area contributed by atoms with Crippen molar-refractivity contribution >= 4 is 11.6 Å². The molecule has 1 heterocycles. The minimum absolute atomic E-state index is 0.220. The quantitative estimate of drug-likeness (QED) is 0.895. The predicted molar refractivity (Wildman–Crippen MR) is 81.6 cm³/mol. The van der Waals surface area contributed by atoms with Gasteiger partial charge in [0, 0.05) is 12.5 Å². The molecule has 0 unspecified atom stereocenters. The number of carbonyl (C=O) groups is 1. The molecular weight excluding hydrogens is 248 g/mol. The molecular formula is C17H24N2O. The van der Waals surface area contributed by atoms with E-state index >= 15 is 0 Å². The third-order valence-corrected chi connectivity index (χ3v) is 4.57. The molecule has 20 heavy (non-hydrogen) atoms. The lowest BCUT2D eigenvalue weighted by Crippen LogP contribution is -2.47. The summed E-state index contributed by atoms with van der Waals surface area (Å²) in [5, 5.41) is 2.06. The Morgan fingerprint density at radius 1 is 1.20 bits per heavy atom. The second-order valence-corrected chi connectivity index (χ2v) is 6.20. The van der Waals surface area contributed by atoms with Crippen LogP contribution in [0.5, 0.6) is 0 Å². The number of fused-ring (bicyclic) bond motifs is 1. The van der Waals surface area contributed by atoms with Gasteiger partial charge in [-0.1, -0.05) is 37.0 Å². The minimum atomic E-state index is 0.220. The number of hydrogen-bond acceptors (Lipinski definition) is 2. The summed E-state index contributed by atoms with van der Waals surface area (Å²) < 4.78 is 0. The van der Waals surface area contributed by atoms with E-state index in [-0.39, 0.29) is 11.8 Å². The molecule has 1 aliphatic heterocycles. The van der Waals surface area contributed by atoms with E-state index < -0.39 is 0 Å². The van der Waals surface area contributed by atoms with E-state index in [1.54, 1.807) is 0 Å². The topological polar surface area (TPSA) is 32.3 Å². The van der Waals surface area contributed by atoms with Crippen molar-refractivity contribution in [3.05, 3.63) is 29.3 Å². The van der Waals surface area contributed by atoms with Gasteiger partial charge in [0.2, 0.25) is 5.91 Å². The molecule has 1 amide bonds. The summed E-state index contributed by atoms with van der Waals surface area (Å²) in [5.74, 6) is 0.442. The van der Waals surface area contributed by atoms with Crippen LogP contribution in [-0.2, 0) is 11.2 Å². The van der Waals surface area contributed by atoms with Crippen molar-refractivity contribution in [3.63, 3.8) is 0 Å². The molecule has 108 valence electrons. The van der Waals surface area contributed by atoms with Crippen LogP contribution in [0.15, 0.2) is 18.2 Å². The second kappa shape index (κ2) is 5.86. The summed E-state index contributed by atoms with van der Waals surface area (Å²) >= 11 is 0. The summed E-state index contributed by atoms with van der Waals surface area (Å²) in [5.41, 5.74) is 7.00. The van der Waals surface area contributed by atoms with Crippen LogP contribution in [0, 0.1) is 12.8 Å². The van der Waals surface area contributed by atoms with Crippen LogP contribution in [0.3, 0.4) is 0 Å². The minimum Gasteiger partial charge on any atom is -0.285 e. The van der Waals surface area contributed by atoms with Gasteiger partial charge in [-0.05, 0) is 44.2 Å². The van der Waals surface area contributed by atoms with Crippen molar-refractivity contribution in [2.24, 2.45) is 5.92 Å². The van der Waals surface area contributed by atoms with E-state index in [4.69, 9.17) is 0 Å². The molecule has 0 aromatic heterocycles.